The first kappa shape index (κ1) is 19.4. The SMILES string of the molecule is CCCCCNC(=O)CN(C)C(=O)CN(C)C(=O)CNC. The highest BCUT2D eigenvalue weighted by atomic mass is 16.2. The zero-order valence-corrected chi connectivity index (χ0v) is 13.6. The Morgan fingerprint density at radius 1 is 0.952 bits per heavy atom. The number of amides is 3. The summed E-state index contributed by atoms with van der Waals surface area (Å²) in [7, 11) is 4.79. The fourth-order valence-electron chi connectivity index (χ4n) is 1.66. The lowest BCUT2D eigenvalue weighted by atomic mass is 10.2. The molecule has 0 radical (unpaired) electrons. The summed E-state index contributed by atoms with van der Waals surface area (Å²) in [6.45, 7) is 2.90. The van der Waals surface area contributed by atoms with E-state index in [2.05, 4.69) is 17.6 Å². The van der Waals surface area contributed by atoms with Gasteiger partial charge in [-0.15, -0.1) is 0 Å². The van der Waals surface area contributed by atoms with E-state index < -0.39 is 0 Å². The van der Waals surface area contributed by atoms with Crippen molar-refractivity contribution in [2.75, 3.05) is 47.3 Å². The third-order valence-corrected chi connectivity index (χ3v) is 3.04. The molecular formula is C14H28N4O3. The van der Waals surface area contributed by atoms with Crippen molar-refractivity contribution >= 4 is 17.7 Å². The summed E-state index contributed by atoms with van der Waals surface area (Å²) in [5.74, 6) is -0.597. The van der Waals surface area contributed by atoms with E-state index in [-0.39, 0.29) is 37.4 Å². The molecule has 0 saturated carbocycles. The Kier molecular flexibility index (Phi) is 10.2. The molecule has 0 aromatic heterocycles. The van der Waals surface area contributed by atoms with Crippen molar-refractivity contribution in [3.05, 3.63) is 0 Å². The van der Waals surface area contributed by atoms with E-state index in [9.17, 15) is 14.4 Å². The lowest BCUT2D eigenvalue weighted by Gasteiger charge is -2.21. The summed E-state index contributed by atoms with van der Waals surface area (Å²) in [6, 6.07) is 0. The molecule has 7 heteroatoms. The highest BCUT2D eigenvalue weighted by Crippen LogP contribution is 1.93. The molecule has 0 aliphatic heterocycles. The van der Waals surface area contributed by atoms with Crippen molar-refractivity contribution in [1.29, 1.82) is 0 Å². The molecular weight excluding hydrogens is 272 g/mol. The van der Waals surface area contributed by atoms with Crippen LogP contribution >= 0.6 is 0 Å². The predicted octanol–water partition coefficient (Wildman–Crippen LogP) is -0.571. The number of nitrogens with zero attached hydrogens (tertiary/aromatic N) is 2. The van der Waals surface area contributed by atoms with Crippen molar-refractivity contribution in [2.45, 2.75) is 26.2 Å². The van der Waals surface area contributed by atoms with Gasteiger partial charge >= 0.3 is 0 Å². The molecule has 0 heterocycles. The minimum Gasteiger partial charge on any atom is -0.355 e. The Balaban J connectivity index is 4.03. The normalized spacial score (nSPS) is 10.1. The van der Waals surface area contributed by atoms with Crippen molar-refractivity contribution in [2.24, 2.45) is 0 Å². The largest absolute Gasteiger partial charge is 0.355 e. The summed E-state index contributed by atoms with van der Waals surface area (Å²) in [4.78, 5) is 37.8. The standard InChI is InChI=1S/C14H28N4O3/c1-5-6-7-8-16-12(19)10-17(3)14(21)11-18(4)13(20)9-15-2/h15H,5-11H2,1-4H3,(H,16,19). The second-order valence-electron chi connectivity index (χ2n) is 5.09. The molecule has 0 saturated heterocycles. The Morgan fingerprint density at radius 2 is 1.57 bits per heavy atom. The zero-order chi connectivity index (χ0) is 16.3. The van der Waals surface area contributed by atoms with Crippen LogP contribution in [0.3, 0.4) is 0 Å². The summed E-state index contributed by atoms with van der Waals surface area (Å²) >= 11 is 0. The van der Waals surface area contributed by atoms with Gasteiger partial charge in [-0.3, -0.25) is 14.4 Å². The van der Waals surface area contributed by atoms with Crippen LogP contribution in [-0.4, -0.2) is 74.8 Å². The summed E-state index contributed by atoms with van der Waals surface area (Å²) < 4.78 is 0. The molecule has 0 aromatic rings. The van der Waals surface area contributed by atoms with Gasteiger partial charge < -0.3 is 20.4 Å². The summed E-state index contributed by atoms with van der Waals surface area (Å²) in [6.07, 6.45) is 3.12. The molecule has 21 heavy (non-hydrogen) atoms. The van der Waals surface area contributed by atoms with E-state index in [4.69, 9.17) is 0 Å². The van der Waals surface area contributed by atoms with E-state index in [0.717, 1.165) is 19.3 Å². The van der Waals surface area contributed by atoms with Crippen molar-refractivity contribution < 1.29 is 14.4 Å². The first-order chi connectivity index (χ1) is 9.92. The number of hydrogen-bond donors (Lipinski definition) is 2. The highest BCUT2D eigenvalue weighted by Gasteiger charge is 2.17. The lowest BCUT2D eigenvalue weighted by Crippen LogP contribution is -2.45. The average molecular weight is 300 g/mol. The fourth-order valence-corrected chi connectivity index (χ4v) is 1.66. The number of nitrogens with one attached hydrogen (secondary N) is 2. The van der Waals surface area contributed by atoms with E-state index in [1.807, 2.05) is 0 Å². The molecule has 0 aromatic carbocycles. The van der Waals surface area contributed by atoms with Crippen molar-refractivity contribution in [3.63, 3.8) is 0 Å². The van der Waals surface area contributed by atoms with E-state index in [1.165, 1.54) is 9.80 Å². The minimum atomic E-state index is -0.259. The van der Waals surface area contributed by atoms with Gasteiger partial charge in [0.1, 0.15) is 0 Å². The number of likely N-dealkylation sites (N-methyl/N-ethyl adjacent to an activating group) is 3. The molecule has 122 valence electrons. The van der Waals surface area contributed by atoms with Gasteiger partial charge in [-0.05, 0) is 13.5 Å². The predicted molar refractivity (Wildman–Crippen MR) is 81.7 cm³/mol. The van der Waals surface area contributed by atoms with E-state index in [0.29, 0.717) is 6.54 Å². The number of carbonyl (C=O) groups is 3. The van der Waals surface area contributed by atoms with Crippen LogP contribution in [-0.2, 0) is 14.4 Å². The second-order valence-corrected chi connectivity index (χ2v) is 5.09. The molecule has 2 N–H and O–H groups in total. The third-order valence-electron chi connectivity index (χ3n) is 3.04. The van der Waals surface area contributed by atoms with Crippen molar-refractivity contribution in [3.8, 4) is 0 Å². The average Bonchev–Trinajstić information content (AvgIpc) is 2.43. The van der Waals surface area contributed by atoms with E-state index in [1.54, 1.807) is 21.1 Å². The molecule has 0 rings (SSSR count). The molecule has 0 aliphatic carbocycles. The molecule has 0 atom stereocenters. The number of unbranched alkanes of at least 4 members (excludes halogenated alkanes) is 2. The molecule has 0 fully saturated rings. The van der Waals surface area contributed by atoms with E-state index >= 15 is 0 Å². The van der Waals surface area contributed by atoms with Crippen LogP contribution in [0.1, 0.15) is 26.2 Å². The van der Waals surface area contributed by atoms with Gasteiger partial charge in [0.2, 0.25) is 17.7 Å². The first-order valence-corrected chi connectivity index (χ1v) is 7.31. The minimum absolute atomic E-state index is 0.0129. The van der Waals surface area contributed by atoms with Crippen LogP contribution in [0.2, 0.25) is 0 Å². The van der Waals surface area contributed by atoms with Crippen LogP contribution in [0.5, 0.6) is 0 Å². The zero-order valence-electron chi connectivity index (χ0n) is 13.6. The van der Waals surface area contributed by atoms with Crippen LogP contribution in [0.15, 0.2) is 0 Å². The van der Waals surface area contributed by atoms with Crippen molar-refractivity contribution in [1.82, 2.24) is 20.4 Å². The topological polar surface area (TPSA) is 81.8 Å². The number of rotatable bonds is 10. The summed E-state index contributed by atoms with van der Waals surface area (Å²) in [5, 5.41) is 5.51. The molecule has 0 aliphatic rings. The van der Waals surface area contributed by atoms with Gasteiger partial charge in [0.05, 0.1) is 19.6 Å². The van der Waals surface area contributed by atoms with Gasteiger partial charge in [0, 0.05) is 20.6 Å². The maximum absolute atomic E-state index is 11.9. The molecule has 0 bridgehead atoms. The van der Waals surface area contributed by atoms with Crippen LogP contribution in [0.4, 0.5) is 0 Å². The lowest BCUT2D eigenvalue weighted by molar-refractivity contribution is -0.139. The van der Waals surface area contributed by atoms with Gasteiger partial charge in [-0.2, -0.15) is 0 Å². The Hall–Kier alpha value is -1.63. The maximum Gasteiger partial charge on any atom is 0.242 e. The van der Waals surface area contributed by atoms with Gasteiger partial charge in [0.15, 0.2) is 0 Å². The molecule has 0 spiro atoms. The molecule has 3 amide bonds. The maximum atomic E-state index is 11.9. The second kappa shape index (κ2) is 11.1. The summed E-state index contributed by atoms with van der Waals surface area (Å²) in [5.41, 5.74) is 0. The third kappa shape index (κ3) is 9.01. The Labute approximate surface area is 127 Å². The Morgan fingerprint density at radius 3 is 2.14 bits per heavy atom. The van der Waals surface area contributed by atoms with Crippen LogP contribution in [0.25, 0.3) is 0 Å². The Bertz CT molecular complexity index is 347. The smallest absolute Gasteiger partial charge is 0.242 e. The van der Waals surface area contributed by atoms with Gasteiger partial charge in [-0.1, -0.05) is 19.8 Å². The quantitative estimate of drug-likeness (QED) is 0.529. The van der Waals surface area contributed by atoms with Crippen LogP contribution in [0, 0.1) is 0 Å². The monoisotopic (exact) mass is 300 g/mol. The molecule has 7 nitrogen and oxygen atoms in total. The number of carbonyl (C=O) groups excluding carboxylic acids is 3. The van der Waals surface area contributed by atoms with Crippen LogP contribution < -0.4 is 10.6 Å². The first-order valence-electron chi connectivity index (χ1n) is 7.31. The molecule has 0 unspecified atom stereocenters. The number of hydrogen-bond acceptors (Lipinski definition) is 4. The van der Waals surface area contributed by atoms with Gasteiger partial charge in [-0.25, -0.2) is 0 Å². The highest BCUT2D eigenvalue weighted by molar-refractivity contribution is 5.88. The van der Waals surface area contributed by atoms with Gasteiger partial charge in [0.25, 0.3) is 0 Å². The fraction of sp³-hybridized carbons (Fsp3) is 0.786.